The van der Waals surface area contributed by atoms with Gasteiger partial charge in [0, 0.05) is 12.2 Å². The van der Waals surface area contributed by atoms with Gasteiger partial charge in [-0.1, -0.05) is 72.8 Å². The number of benzene rings is 3. The van der Waals surface area contributed by atoms with Crippen LogP contribution in [0.5, 0.6) is 5.75 Å². The Morgan fingerprint density at radius 3 is 1.77 bits per heavy atom. The van der Waals surface area contributed by atoms with Crippen LogP contribution >= 0.6 is 11.8 Å². The number of rotatable bonds is 8. The van der Waals surface area contributed by atoms with Crippen molar-refractivity contribution in [2.75, 3.05) is 12.9 Å². The van der Waals surface area contributed by atoms with Gasteiger partial charge in [-0.25, -0.2) is 0 Å². The fourth-order valence-corrected chi connectivity index (χ4v) is 4.61. The molecule has 0 radical (unpaired) electrons. The summed E-state index contributed by atoms with van der Waals surface area (Å²) in [7, 11) is 1.68. The lowest BCUT2D eigenvalue weighted by Gasteiger charge is -2.35. The van der Waals surface area contributed by atoms with Crippen LogP contribution in [0, 0.1) is 0 Å². The quantitative estimate of drug-likeness (QED) is 0.309. The van der Waals surface area contributed by atoms with E-state index in [9.17, 15) is 4.79 Å². The van der Waals surface area contributed by atoms with Crippen molar-refractivity contribution in [1.82, 2.24) is 0 Å². The van der Waals surface area contributed by atoms with Crippen molar-refractivity contribution in [3.8, 4) is 5.75 Å². The van der Waals surface area contributed by atoms with Crippen LogP contribution in [-0.4, -0.2) is 19.1 Å². The molecular weight excluding hydrogens is 340 g/mol. The van der Waals surface area contributed by atoms with Gasteiger partial charge < -0.3 is 9.53 Å². The summed E-state index contributed by atoms with van der Waals surface area (Å²) >= 11 is 1.79. The molecule has 0 spiro atoms. The summed E-state index contributed by atoms with van der Waals surface area (Å²) in [5.74, 6) is 1.58. The van der Waals surface area contributed by atoms with Gasteiger partial charge in [-0.05, 0) is 28.8 Å². The number of thioether (sulfide) groups is 1. The number of hydrogen-bond acceptors (Lipinski definition) is 3. The number of ether oxygens (including phenoxy) is 1. The molecule has 0 aliphatic carbocycles. The maximum absolute atomic E-state index is 11.0. The van der Waals surface area contributed by atoms with Crippen molar-refractivity contribution in [3.63, 3.8) is 0 Å². The van der Waals surface area contributed by atoms with E-state index in [1.807, 2.05) is 24.3 Å². The molecule has 0 aliphatic rings. The highest BCUT2D eigenvalue weighted by molar-refractivity contribution is 8.00. The molecule has 0 amide bonds. The molecule has 3 aromatic rings. The average Bonchev–Trinajstić information content (AvgIpc) is 2.73. The molecule has 2 nitrogen and oxygen atoms in total. The van der Waals surface area contributed by atoms with Crippen molar-refractivity contribution < 1.29 is 9.53 Å². The van der Waals surface area contributed by atoms with Gasteiger partial charge in [0.05, 0.1) is 11.9 Å². The van der Waals surface area contributed by atoms with E-state index < -0.39 is 0 Å². The molecule has 0 heterocycles. The Bertz CT molecular complexity index is 774. The molecule has 0 unspecified atom stereocenters. The summed E-state index contributed by atoms with van der Waals surface area (Å²) in [4.78, 5) is 11.0. The number of hydrogen-bond donors (Lipinski definition) is 0. The minimum absolute atomic E-state index is 0.377. The molecule has 0 fully saturated rings. The second-order valence-electron chi connectivity index (χ2n) is 5.95. The fraction of sp³-hybridized carbons (Fsp3) is 0.174. The topological polar surface area (TPSA) is 26.3 Å². The zero-order valence-corrected chi connectivity index (χ0v) is 15.6. The maximum atomic E-state index is 11.0. The molecule has 0 atom stereocenters. The van der Waals surface area contributed by atoms with Gasteiger partial charge in [-0.3, -0.25) is 0 Å². The van der Waals surface area contributed by atoms with Gasteiger partial charge in [-0.15, -0.1) is 11.8 Å². The molecule has 0 N–H and O–H groups in total. The van der Waals surface area contributed by atoms with Crippen LogP contribution in [0.4, 0.5) is 0 Å². The molecular formula is C23H22O2S. The monoisotopic (exact) mass is 362 g/mol. The molecule has 132 valence electrons. The zero-order valence-electron chi connectivity index (χ0n) is 14.8. The first-order chi connectivity index (χ1) is 12.8. The Kier molecular flexibility index (Phi) is 6.13. The minimum atomic E-state index is -0.377. The molecule has 26 heavy (non-hydrogen) atoms. The molecule has 3 heteroatoms. The van der Waals surface area contributed by atoms with Gasteiger partial charge in [0.1, 0.15) is 12.0 Å². The largest absolute Gasteiger partial charge is 0.497 e. The highest BCUT2D eigenvalue weighted by atomic mass is 32.2. The van der Waals surface area contributed by atoms with Gasteiger partial charge >= 0.3 is 0 Å². The summed E-state index contributed by atoms with van der Waals surface area (Å²) in [6.07, 6.45) is 1.52. The van der Waals surface area contributed by atoms with Crippen LogP contribution in [0.25, 0.3) is 0 Å². The van der Waals surface area contributed by atoms with E-state index in [2.05, 4.69) is 60.7 Å². The first-order valence-corrected chi connectivity index (χ1v) is 9.63. The van der Waals surface area contributed by atoms with Crippen LogP contribution in [0.15, 0.2) is 84.9 Å². The first-order valence-electron chi connectivity index (χ1n) is 8.64. The molecule has 3 aromatic carbocycles. The summed E-state index contributed by atoms with van der Waals surface area (Å²) in [5.41, 5.74) is 3.58. The molecule has 0 aromatic heterocycles. The molecule has 0 saturated heterocycles. The number of methoxy groups -OCH3 is 1. The van der Waals surface area contributed by atoms with Crippen LogP contribution in [0.3, 0.4) is 0 Å². The molecule has 0 saturated carbocycles. The van der Waals surface area contributed by atoms with Gasteiger partial charge in [-0.2, -0.15) is 0 Å². The number of carbonyl (C=O) groups excluding carboxylic acids is 1. The molecule has 3 rings (SSSR count). The normalized spacial score (nSPS) is 11.1. The van der Waals surface area contributed by atoms with E-state index in [4.69, 9.17) is 4.74 Å². The highest BCUT2D eigenvalue weighted by Gasteiger charge is 2.36. The van der Waals surface area contributed by atoms with Crippen molar-refractivity contribution in [2.24, 2.45) is 0 Å². The van der Waals surface area contributed by atoms with Crippen molar-refractivity contribution in [1.29, 1.82) is 0 Å². The number of aldehydes is 1. The Balaban J connectivity index is 2.21. The minimum Gasteiger partial charge on any atom is -0.497 e. The predicted molar refractivity (Wildman–Crippen MR) is 109 cm³/mol. The van der Waals surface area contributed by atoms with E-state index in [1.165, 1.54) is 16.7 Å². The van der Waals surface area contributed by atoms with Gasteiger partial charge in [0.25, 0.3) is 0 Å². The second kappa shape index (κ2) is 8.72. The van der Waals surface area contributed by atoms with Crippen LogP contribution in [0.1, 0.15) is 23.1 Å². The Morgan fingerprint density at radius 1 is 0.808 bits per heavy atom. The van der Waals surface area contributed by atoms with E-state index in [1.54, 1.807) is 18.9 Å². The van der Waals surface area contributed by atoms with Crippen LogP contribution in [-0.2, 0) is 9.54 Å². The van der Waals surface area contributed by atoms with Gasteiger partial charge in [0.2, 0.25) is 0 Å². The Labute approximate surface area is 159 Å². The zero-order chi connectivity index (χ0) is 18.2. The van der Waals surface area contributed by atoms with Gasteiger partial charge in [0.15, 0.2) is 0 Å². The van der Waals surface area contributed by atoms with E-state index >= 15 is 0 Å². The second-order valence-corrected chi connectivity index (χ2v) is 7.25. The van der Waals surface area contributed by atoms with E-state index in [0.29, 0.717) is 6.42 Å². The SMILES string of the molecule is COc1ccc(C(SCCC=O)(c2ccccc2)c2ccccc2)cc1. The fourth-order valence-electron chi connectivity index (χ4n) is 3.18. The van der Waals surface area contributed by atoms with Crippen molar-refractivity contribution in [2.45, 2.75) is 11.2 Å². The lowest BCUT2D eigenvalue weighted by molar-refractivity contribution is -0.107. The van der Waals surface area contributed by atoms with Crippen LogP contribution in [0.2, 0.25) is 0 Å². The standard InChI is InChI=1S/C23H22O2S/c1-25-22-15-13-21(14-16-22)23(26-18-8-17-24,19-9-4-2-5-10-19)20-11-6-3-7-12-20/h2-7,9-17H,8,18H2,1H3. The summed E-state index contributed by atoms with van der Waals surface area (Å²) in [5, 5.41) is 0. The summed E-state index contributed by atoms with van der Waals surface area (Å²) < 4.78 is 4.96. The Morgan fingerprint density at radius 2 is 1.31 bits per heavy atom. The lowest BCUT2D eigenvalue weighted by atomic mass is 9.84. The lowest BCUT2D eigenvalue weighted by Crippen LogP contribution is -2.26. The maximum Gasteiger partial charge on any atom is 0.120 e. The Hall–Kier alpha value is -2.52. The van der Waals surface area contributed by atoms with Crippen LogP contribution < -0.4 is 4.74 Å². The van der Waals surface area contributed by atoms with E-state index in [-0.39, 0.29) is 4.75 Å². The third-order valence-electron chi connectivity index (χ3n) is 4.41. The first kappa shape index (κ1) is 18.3. The van der Waals surface area contributed by atoms with Crippen molar-refractivity contribution >= 4 is 18.0 Å². The summed E-state index contributed by atoms with van der Waals surface area (Å²) in [6, 6.07) is 29.2. The smallest absolute Gasteiger partial charge is 0.120 e. The molecule has 0 aliphatic heterocycles. The van der Waals surface area contributed by atoms with Crippen molar-refractivity contribution in [3.05, 3.63) is 102 Å². The molecule has 0 bridgehead atoms. The third-order valence-corrected chi connectivity index (χ3v) is 5.99. The number of carbonyl (C=O) groups is 1. The highest BCUT2D eigenvalue weighted by Crippen LogP contribution is 2.48. The third kappa shape index (κ3) is 3.68. The van der Waals surface area contributed by atoms with E-state index in [0.717, 1.165) is 17.8 Å². The predicted octanol–water partition coefficient (Wildman–Crippen LogP) is 5.31. The average molecular weight is 362 g/mol. The summed E-state index contributed by atoms with van der Waals surface area (Å²) in [6.45, 7) is 0.